The summed E-state index contributed by atoms with van der Waals surface area (Å²) < 4.78 is 2.12. The summed E-state index contributed by atoms with van der Waals surface area (Å²) in [5.74, 6) is 0.460. The predicted molar refractivity (Wildman–Crippen MR) is 133 cm³/mol. The third kappa shape index (κ3) is 4.90. The number of amides is 2. The molecule has 0 bridgehead atoms. The van der Waals surface area contributed by atoms with Gasteiger partial charge in [-0.05, 0) is 60.0 Å². The molecule has 0 spiro atoms. The zero-order valence-electron chi connectivity index (χ0n) is 19.8. The van der Waals surface area contributed by atoms with Gasteiger partial charge >= 0.3 is 0 Å². The molecule has 3 N–H and O–H groups in total. The van der Waals surface area contributed by atoms with Crippen molar-refractivity contribution in [3.63, 3.8) is 0 Å². The Morgan fingerprint density at radius 3 is 2.61 bits per heavy atom. The molecule has 0 aliphatic heterocycles. The van der Waals surface area contributed by atoms with Crippen molar-refractivity contribution in [2.45, 2.75) is 45.7 Å². The predicted octanol–water partition coefficient (Wildman–Crippen LogP) is 4.48. The minimum atomic E-state index is -0.0767. The van der Waals surface area contributed by atoms with E-state index in [1.54, 1.807) is 30.1 Å². The van der Waals surface area contributed by atoms with E-state index in [0.29, 0.717) is 30.3 Å². The normalized spacial score (nSPS) is 15.0. The number of nitrogen functional groups attached to an aromatic ring is 1. The van der Waals surface area contributed by atoms with Gasteiger partial charge in [-0.2, -0.15) is 0 Å². The van der Waals surface area contributed by atoms with Crippen LogP contribution in [0.15, 0.2) is 48.5 Å². The highest BCUT2D eigenvalue weighted by atomic mass is 16.2. The van der Waals surface area contributed by atoms with E-state index >= 15 is 0 Å². The molecule has 6 heteroatoms. The minimum absolute atomic E-state index is 0.00507. The van der Waals surface area contributed by atoms with Crippen molar-refractivity contribution >= 4 is 28.4 Å². The Balaban J connectivity index is 1.42. The van der Waals surface area contributed by atoms with Crippen molar-refractivity contribution in [2.75, 3.05) is 12.8 Å². The maximum Gasteiger partial charge on any atom is 0.253 e. The van der Waals surface area contributed by atoms with Crippen LogP contribution in [0.4, 0.5) is 5.69 Å². The number of nitrogens with zero attached hydrogens (tertiary/aromatic N) is 2. The van der Waals surface area contributed by atoms with Crippen LogP contribution in [0.2, 0.25) is 0 Å². The minimum Gasteiger partial charge on any atom is -0.398 e. The van der Waals surface area contributed by atoms with Gasteiger partial charge in [0.2, 0.25) is 5.91 Å². The highest BCUT2D eigenvalue weighted by Crippen LogP contribution is 2.31. The van der Waals surface area contributed by atoms with Crippen LogP contribution in [0.1, 0.15) is 54.2 Å². The maximum absolute atomic E-state index is 13.1. The Hall–Kier alpha value is -3.28. The standard InChI is InChI=1S/C27H34N4O2/c1-18(19-8-4-5-9-19)26(32)29-16-22-14-21(12-13-24(22)28)27(33)30(2)17-23-15-20-10-6-7-11-25(20)31(23)3/h6-7,10-15,18-19H,4-5,8-9,16-17,28H2,1-3H3,(H,29,32). The lowest BCUT2D eigenvalue weighted by atomic mass is 9.92. The van der Waals surface area contributed by atoms with E-state index < -0.39 is 0 Å². The molecule has 2 aromatic carbocycles. The van der Waals surface area contributed by atoms with Gasteiger partial charge in [0.25, 0.3) is 5.91 Å². The highest BCUT2D eigenvalue weighted by Gasteiger charge is 2.26. The number of aryl methyl sites for hydroxylation is 1. The fourth-order valence-electron chi connectivity index (χ4n) is 4.94. The molecule has 1 heterocycles. The summed E-state index contributed by atoms with van der Waals surface area (Å²) in [6.07, 6.45) is 4.69. The molecular formula is C27H34N4O2. The number of hydrogen-bond donors (Lipinski definition) is 2. The number of hydrogen-bond acceptors (Lipinski definition) is 3. The number of nitrogens with one attached hydrogen (secondary N) is 1. The average molecular weight is 447 g/mol. The van der Waals surface area contributed by atoms with Gasteiger partial charge < -0.3 is 20.5 Å². The average Bonchev–Trinajstić information content (AvgIpc) is 3.46. The number of benzene rings is 2. The fraction of sp³-hybridized carbons (Fsp3) is 0.407. The molecule has 33 heavy (non-hydrogen) atoms. The SMILES string of the molecule is CC(C(=O)NCc1cc(C(=O)N(C)Cc2cc3ccccc3n2C)ccc1N)C1CCCC1. The van der Waals surface area contributed by atoms with Crippen LogP contribution in [0.5, 0.6) is 0 Å². The Morgan fingerprint density at radius 1 is 1.15 bits per heavy atom. The zero-order valence-corrected chi connectivity index (χ0v) is 19.8. The van der Waals surface area contributed by atoms with Crippen molar-refractivity contribution < 1.29 is 9.59 Å². The van der Waals surface area contributed by atoms with E-state index in [1.165, 1.54) is 12.8 Å². The number of anilines is 1. The second-order valence-corrected chi connectivity index (χ2v) is 9.38. The van der Waals surface area contributed by atoms with E-state index in [4.69, 9.17) is 5.73 Å². The number of aromatic nitrogens is 1. The van der Waals surface area contributed by atoms with Crippen LogP contribution in [0.3, 0.4) is 0 Å². The number of para-hydroxylation sites is 1. The first-order chi connectivity index (χ1) is 15.8. The number of nitrogens with two attached hydrogens (primary N) is 1. The van der Waals surface area contributed by atoms with Crippen LogP contribution in [-0.4, -0.2) is 28.3 Å². The van der Waals surface area contributed by atoms with E-state index in [1.807, 2.05) is 26.1 Å². The van der Waals surface area contributed by atoms with Crippen LogP contribution in [0, 0.1) is 11.8 Å². The largest absolute Gasteiger partial charge is 0.398 e. The summed E-state index contributed by atoms with van der Waals surface area (Å²) in [6, 6.07) is 15.6. The van der Waals surface area contributed by atoms with Gasteiger partial charge in [-0.3, -0.25) is 9.59 Å². The maximum atomic E-state index is 13.1. The van der Waals surface area contributed by atoms with Gasteiger partial charge in [0, 0.05) is 49.0 Å². The van der Waals surface area contributed by atoms with E-state index in [0.717, 1.165) is 35.0 Å². The third-order valence-corrected chi connectivity index (χ3v) is 7.16. The van der Waals surface area contributed by atoms with Crippen molar-refractivity contribution in [3.8, 4) is 0 Å². The third-order valence-electron chi connectivity index (χ3n) is 7.16. The van der Waals surface area contributed by atoms with Crippen LogP contribution >= 0.6 is 0 Å². The molecule has 4 rings (SSSR count). The molecule has 1 aliphatic carbocycles. The van der Waals surface area contributed by atoms with Gasteiger partial charge in [-0.15, -0.1) is 0 Å². The first-order valence-electron chi connectivity index (χ1n) is 11.8. The molecule has 1 unspecified atom stereocenters. The Labute approximate surface area is 195 Å². The van der Waals surface area contributed by atoms with E-state index in [2.05, 4.69) is 28.1 Å². The topological polar surface area (TPSA) is 80.4 Å². The smallest absolute Gasteiger partial charge is 0.253 e. The number of fused-ring (bicyclic) bond motifs is 1. The molecule has 1 aromatic heterocycles. The number of carbonyl (C=O) groups excluding carboxylic acids is 2. The monoisotopic (exact) mass is 446 g/mol. The summed E-state index contributed by atoms with van der Waals surface area (Å²) in [5, 5.41) is 4.19. The number of rotatable bonds is 7. The Kier molecular flexibility index (Phi) is 6.72. The molecule has 174 valence electrons. The van der Waals surface area contributed by atoms with Gasteiger partial charge in [-0.1, -0.05) is 38.0 Å². The summed E-state index contributed by atoms with van der Waals surface area (Å²) in [7, 11) is 3.83. The molecular weight excluding hydrogens is 412 g/mol. The number of carbonyl (C=O) groups is 2. The molecule has 0 saturated heterocycles. The lowest BCUT2D eigenvalue weighted by molar-refractivity contribution is -0.126. The molecule has 3 aromatic rings. The second-order valence-electron chi connectivity index (χ2n) is 9.38. The molecule has 6 nitrogen and oxygen atoms in total. The summed E-state index contributed by atoms with van der Waals surface area (Å²) in [5.41, 5.74) is 10.3. The van der Waals surface area contributed by atoms with Gasteiger partial charge in [0.1, 0.15) is 0 Å². The van der Waals surface area contributed by atoms with Crippen molar-refractivity contribution in [1.29, 1.82) is 0 Å². The van der Waals surface area contributed by atoms with Crippen LogP contribution < -0.4 is 11.1 Å². The van der Waals surface area contributed by atoms with E-state index in [9.17, 15) is 9.59 Å². The Morgan fingerprint density at radius 2 is 1.88 bits per heavy atom. The fourth-order valence-corrected chi connectivity index (χ4v) is 4.94. The molecule has 0 radical (unpaired) electrons. The van der Waals surface area contributed by atoms with E-state index in [-0.39, 0.29) is 17.7 Å². The summed E-state index contributed by atoms with van der Waals surface area (Å²) in [6.45, 7) is 2.84. The Bertz CT molecular complexity index is 1160. The summed E-state index contributed by atoms with van der Waals surface area (Å²) >= 11 is 0. The quantitative estimate of drug-likeness (QED) is 0.525. The summed E-state index contributed by atoms with van der Waals surface area (Å²) in [4.78, 5) is 27.5. The van der Waals surface area contributed by atoms with Crippen molar-refractivity contribution in [1.82, 2.24) is 14.8 Å². The molecule has 1 aliphatic rings. The second kappa shape index (κ2) is 9.69. The van der Waals surface area contributed by atoms with Gasteiger partial charge in [0.05, 0.1) is 6.54 Å². The lowest BCUT2D eigenvalue weighted by Gasteiger charge is -2.20. The highest BCUT2D eigenvalue weighted by molar-refractivity contribution is 5.95. The molecule has 1 atom stereocenters. The zero-order chi connectivity index (χ0) is 23.5. The molecule has 1 fully saturated rings. The van der Waals surface area contributed by atoms with Gasteiger partial charge in [-0.25, -0.2) is 0 Å². The first kappa shape index (κ1) is 22.9. The van der Waals surface area contributed by atoms with Crippen LogP contribution in [-0.2, 0) is 24.9 Å². The van der Waals surface area contributed by atoms with Crippen molar-refractivity contribution in [3.05, 3.63) is 65.4 Å². The first-order valence-corrected chi connectivity index (χ1v) is 11.8. The van der Waals surface area contributed by atoms with Crippen LogP contribution in [0.25, 0.3) is 10.9 Å². The van der Waals surface area contributed by atoms with Crippen molar-refractivity contribution in [2.24, 2.45) is 18.9 Å². The molecule has 2 amide bonds. The lowest BCUT2D eigenvalue weighted by Crippen LogP contribution is -2.32. The molecule has 1 saturated carbocycles. The van der Waals surface area contributed by atoms with Gasteiger partial charge in [0.15, 0.2) is 0 Å².